The van der Waals surface area contributed by atoms with E-state index in [-0.39, 0.29) is 11.7 Å². The van der Waals surface area contributed by atoms with E-state index in [4.69, 9.17) is 4.74 Å². The molecule has 0 saturated carbocycles. The molecule has 0 spiro atoms. The Bertz CT molecular complexity index is 501. The van der Waals surface area contributed by atoms with E-state index < -0.39 is 0 Å². The third-order valence-corrected chi connectivity index (χ3v) is 4.24. The molecule has 1 aliphatic heterocycles. The first-order valence-corrected chi connectivity index (χ1v) is 7.46. The second-order valence-corrected chi connectivity index (χ2v) is 5.81. The van der Waals surface area contributed by atoms with E-state index >= 15 is 0 Å². The van der Waals surface area contributed by atoms with Gasteiger partial charge in [-0.15, -0.1) is 0 Å². The highest BCUT2D eigenvalue weighted by molar-refractivity contribution is 9.10. The summed E-state index contributed by atoms with van der Waals surface area (Å²) in [6.45, 7) is 8.68. The van der Waals surface area contributed by atoms with Gasteiger partial charge in [0.15, 0.2) is 0 Å². The summed E-state index contributed by atoms with van der Waals surface area (Å²) in [5.74, 6) is 0.635. The van der Waals surface area contributed by atoms with Gasteiger partial charge in [0.1, 0.15) is 16.4 Å². The van der Waals surface area contributed by atoms with Crippen LogP contribution in [0.3, 0.4) is 0 Å². The first kappa shape index (κ1) is 14.7. The van der Waals surface area contributed by atoms with Crippen LogP contribution in [0.5, 0.6) is 0 Å². The summed E-state index contributed by atoms with van der Waals surface area (Å²) in [6.07, 6.45) is 0.570. The standard InChI is InChI=1S/C13H20BrN3O2/c1-4-9-11(14)13(18)16-12(15-9)10-7-17(8(2)3)5-6-19-10/h8,10H,4-7H2,1-3H3,(H,15,16,18). The molecule has 1 aromatic heterocycles. The number of nitrogens with zero attached hydrogens (tertiary/aromatic N) is 2. The molecule has 1 saturated heterocycles. The van der Waals surface area contributed by atoms with Crippen molar-refractivity contribution in [3.63, 3.8) is 0 Å². The number of hydrogen-bond acceptors (Lipinski definition) is 4. The van der Waals surface area contributed by atoms with Crippen molar-refractivity contribution < 1.29 is 4.74 Å². The lowest BCUT2D eigenvalue weighted by atomic mass is 10.2. The van der Waals surface area contributed by atoms with E-state index in [1.54, 1.807) is 0 Å². The van der Waals surface area contributed by atoms with Gasteiger partial charge in [-0.3, -0.25) is 9.69 Å². The largest absolute Gasteiger partial charge is 0.368 e. The number of aryl methyl sites for hydroxylation is 1. The maximum atomic E-state index is 11.9. The minimum Gasteiger partial charge on any atom is -0.368 e. The van der Waals surface area contributed by atoms with Crippen LogP contribution in [0.25, 0.3) is 0 Å². The number of H-pyrrole nitrogens is 1. The maximum absolute atomic E-state index is 11.9. The van der Waals surface area contributed by atoms with E-state index in [9.17, 15) is 4.79 Å². The summed E-state index contributed by atoms with van der Waals surface area (Å²) < 4.78 is 6.27. The molecule has 2 heterocycles. The van der Waals surface area contributed by atoms with Crippen LogP contribution in [-0.4, -0.2) is 40.6 Å². The Labute approximate surface area is 121 Å². The molecule has 19 heavy (non-hydrogen) atoms. The van der Waals surface area contributed by atoms with E-state index in [1.807, 2.05) is 6.92 Å². The molecule has 0 amide bonds. The Kier molecular flexibility index (Phi) is 4.76. The van der Waals surface area contributed by atoms with Gasteiger partial charge in [-0.1, -0.05) is 6.92 Å². The Morgan fingerprint density at radius 3 is 2.95 bits per heavy atom. The molecule has 2 rings (SSSR count). The monoisotopic (exact) mass is 329 g/mol. The fraction of sp³-hybridized carbons (Fsp3) is 0.692. The molecule has 1 fully saturated rings. The number of hydrogen-bond donors (Lipinski definition) is 1. The van der Waals surface area contributed by atoms with Crippen LogP contribution < -0.4 is 5.56 Å². The van der Waals surface area contributed by atoms with Crippen molar-refractivity contribution in [1.82, 2.24) is 14.9 Å². The third kappa shape index (κ3) is 3.24. The van der Waals surface area contributed by atoms with Crippen molar-refractivity contribution in [2.24, 2.45) is 0 Å². The molecular formula is C13H20BrN3O2. The van der Waals surface area contributed by atoms with Crippen molar-refractivity contribution in [2.75, 3.05) is 19.7 Å². The van der Waals surface area contributed by atoms with Crippen molar-refractivity contribution in [3.8, 4) is 0 Å². The zero-order chi connectivity index (χ0) is 14.0. The lowest BCUT2D eigenvalue weighted by Gasteiger charge is -2.35. The molecule has 5 nitrogen and oxygen atoms in total. The molecule has 1 aromatic rings. The van der Waals surface area contributed by atoms with Gasteiger partial charge in [-0.25, -0.2) is 4.98 Å². The predicted molar refractivity (Wildman–Crippen MR) is 77.3 cm³/mol. The van der Waals surface area contributed by atoms with Crippen molar-refractivity contribution in [2.45, 2.75) is 39.3 Å². The van der Waals surface area contributed by atoms with Gasteiger partial charge in [0, 0.05) is 19.1 Å². The minimum absolute atomic E-state index is 0.132. The second-order valence-electron chi connectivity index (χ2n) is 5.01. The quantitative estimate of drug-likeness (QED) is 0.919. The Balaban J connectivity index is 2.26. The lowest BCUT2D eigenvalue weighted by Crippen LogP contribution is -2.43. The molecule has 1 unspecified atom stereocenters. The van der Waals surface area contributed by atoms with Crippen LogP contribution in [-0.2, 0) is 11.2 Å². The van der Waals surface area contributed by atoms with Crippen LogP contribution in [0.1, 0.15) is 38.4 Å². The Hall–Kier alpha value is -0.720. The SMILES string of the molecule is CCc1nc(C2CN(C(C)C)CCO2)[nH]c(=O)c1Br. The first-order chi connectivity index (χ1) is 9.02. The summed E-state index contributed by atoms with van der Waals surface area (Å²) in [6, 6.07) is 0.471. The highest BCUT2D eigenvalue weighted by Crippen LogP contribution is 2.21. The summed E-state index contributed by atoms with van der Waals surface area (Å²) in [7, 11) is 0. The van der Waals surface area contributed by atoms with Crippen molar-refractivity contribution in [1.29, 1.82) is 0 Å². The normalized spacial score (nSPS) is 21.0. The van der Waals surface area contributed by atoms with Crippen molar-refractivity contribution in [3.05, 3.63) is 26.3 Å². The summed E-state index contributed by atoms with van der Waals surface area (Å²) in [5.41, 5.74) is 0.649. The number of nitrogens with one attached hydrogen (secondary N) is 1. The van der Waals surface area contributed by atoms with E-state index in [1.165, 1.54) is 0 Å². The van der Waals surface area contributed by atoms with Gasteiger partial charge in [-0.2, -0.15) is 0 Å². The Morgan fingerprint density at radius 2 is 2.32 bits per heavy atom. The molecule has 0 bridgehead atoms. The van der Waals surface area contributed by atoms with Crippen LogP contribution >= 0.6 is 15.9 Å². The molecule has 1 atom stereocenters. The fourth-order valence-corrected chi connectivity index (χ4v) is 2.68. The zero-order valence-electron chi connectivity index (χ0n) is 11.6. The van der Waals surface area contributed by atoms with Gasteiger partial charge in [0.25, 0.3) is 5.56 Å². The molecule has 0 radical (unpaired) electrons. The number of ether oxygens (including phenoxy) is 1. The second kappa shape index (κ2) is 6.15. The third-order valence-electron chi connectivity index (χ3n) is 3.42. The average molecular weight is 330 g/mol. The molecule has 1 N–H and O–H groups in total. The number of aromatic amines is 1. The topological polar surface area (TPSA) is 58.2 Å². The average Bonchev–Trinajstić information content (AvgIpc) is 2.41. The van der Waals surface area contributed by atoms with Crippen LogP contribution in [0.2, 0.25) is 0 Å². The van der Waals surface area contributed by atoms with Crippen LogP contribution in [0.15, 0.2) is 9.27 Å². The van der Waals surface area contributed by atoms with Gasteiger partial charge >= 0.3 is 0 Å². The zero-order valence-corrected chi connectivity index (χ0v) is 13.2. The number of aromatic nitrogens is 2. The highest BCUT2D eigenvalue weighted by Gasteiger charge is 2.26. The van der Waals surface area contributed by atoms with Crippen LogP contribution in [0.4, 0.5) is 0 Å². The maximum Gasteiger partial charge on any atom is 0.265 e. The number of rotatable bonds is 3. The highest BCUT2D eigenvalue weighted by atomic mass is 79.9. The molecule has 6 heteroatoms. The van der Waals surface area contributed by atoms with Gasteiger partial charge in [0.05, 0.1) is 12.3 Å². The summed E-state index contributed by atoms with van der Waals surface area (Å²) in [5, 5.41) is 0. The van der Waals surface area contributed by atoms with Crippen LogP contribution in [0, 0.1) is 0 Å². The minimum atomic E-state index is -0.151. The molecule has 106 valence electrons. The van der Waals surface area contributed by atoms with Gasteiger partial charge in [0.2, 0.25) is 0 Å². The molecular weight excluding hydrogens is 310 g/mol. The van der Waals surface area contributed by atoms with Crippen molar-refractivity contribution >= 4 is 15.9 Å². The predicted octanol–water partition coefficient (Wildman–Crippen LogP) is 1.88. The molecule has 1 aliphatic rings. The molecule has 0 aliphatic carbocycles. The fourth-order valence-electron chi connectivity index (χ4n) is 2.22. The van der Waals surface area contributed by atoms with E-state index in [2.05, 4.69) is 44.6 Å². The van der Waals surface area contributed by atoms with Gasteiger partial charge in [-0.05, 0) is 36.2 Å². The Morgan fingerprint density at radius 1 is 1.58 bits per heavy atom. The lowest BCUT2D eigenvalue weighted by molar-refractivity contribution is -0.0444. The smallest absolute Gasteiger partial charge is 0.265 e. The first-order valence-electron chi connectivity index (χ1n) is 6.67. The van der Waals surface area contributed by atoms with Gasteiger partial charge < -0.3 is 9.72 Å². The molecule has 0 aromatic carbocycles. The number of halogens is 1. The van der Waals surface area contributed by atoms with E-state index in [0.717, 1.165) is 25.2 Å². The number of morpholine rings is 1. The van der Waals surface area contributed by atoms with E-state index in [0.29, 0.717) is 22.9 Å². The summed E-state index contributed by atoms with van der Waals surface area (Å²) >= 11 is 3.28. The summed E-state index contributed by atoms with van der Waals surface area (Å²) in [4.78, 5) is 21.5.